The molecular formula is C58H42S. The summed E-state index contributed by atoms with van der Waals surface area (Å²) in [6.07, 6.45) is 7.03. The van der Waals surface area contributed by atoms with E-state index >= 15 is 0 Å². The quantitative estimate of drug-likeness (QED) is 0.157. The molecule has 5 aliphatic rings. The Hall–Kier alpha value is -6.02. The standard InChI is InChI=1S/C58H42S/c1-2-11-39-32-53-51(31-38(39)10-1)44-25-24-40(33-52(44)58(53)41-27-34-26-35(29-41)30-42(58)28-34)56-48-15-5-3-13-46(48)55(47-14-4-6-16-49(47)56)37-22-20-36(21-23-37)43-17-9-18-50-45-12-7-8-19-54(45)59-57(43)50/h1-25,31-35,41-42H,26-30H2. The average Bonchev–Trinajstić information content (AvgIpc) is 3.79. The van der Waals surface area contributed by atoms with Gasteiger partial charge in [0, 0.05) is 25.6 Å². The largest absolute Gasteiger partial charge is 0.135 e. The summed E-state index contributed by atoms with van der Waals surface area (Å²) in [6, 6.07) is 65.3. The zero-order chi connectivity index (χ0) is 38.4. The van der Waals surface area contributed by atoms with Gasteiger partial charge >= 0.3 is 0 Å². The Morgan fingerprint density at radius 1 is 0.373 bits per heavy atom. The molecule has 0 aliphatic heterocycles. The Labute approximate surface area is 348 Å². The van der Waals surface area contributed by atoms with Crippen molar-refractivity contribution in [2.24, 2.45) is 23.7 Å². The van der Waals surface area contributed by atoms with Gasteiger partial charge in [0.2, 0.25) is 0 Å². The molecule has 10 aromatic rings. The van der Waals surface area contributed by atoms with E-state index in [1.807, 2.05) is 11.3 Å². The molecule has 4 bridgehead atoms. The zero-order valence-electron chi connectivity index (χ0n) is 32.9. The van der Waals surface area contributed by atoms with Crippen molar-refractivity contribution < 1.29 is 0 Å². The minimum absolute atomic E-state index is 0.103. The molecule has 1 heterocycles. The molecule has 0 N–H and O–H groups in total. The van der Waals surface area contributed by atoms with Gasteiger partial charge < -0.3 is 0 Å². The summed E-state index contributed by atoms with van der Waals surface area (Å²) in [5, 5.41) is 10.8. The molecule has 4 saturated carbocycles. The summed E-state index contributed by atoms with van der Waals surface area (Å²) in [5.74, 6) is 3.27. The van der Waals surface area contributed by atoms with Crippen LogP contribution in [-0.4, -0.2) is 0 Å². The Bertz CT molecular complexity index is 3310. The first-order chi connectivity index (χ1) is 29.2. The van der Waals surface area contributed by atoms with Crippen molar-refractivity contribution >= 4 is 63.8 Å². The second-order valence-corrected chi connectivity index (χ2v) is 19.4. The molecule has 1 heteroatoms. The predicted molar refractivity (Wildman–Crippen MR) is 251 cm³/mol. The molecule has 0 nitrogen and oxygen atoms in total. The fourth-order valence-electron chi connectivity index (χ4n) is 13.6. The lowest BCUT2D eigenvalue weighted by Gasteiger charge is -2.61. The molecule has 5 aliphatic carbocycles. The molecule has 9 aromatic carbocycles. The van der Waals surface area contributed by atoms with E-state index < -0.39 is 0 Å². The normalized spacial score (nSPS) is 22.6. The number of fused-ring (bicyclic) bond motifs is 9. The molecule has 280 valence electrons. The lowest BCUT2D eigenvalue weighted by Crippen LogP contribution is -2.55. The maximum absolute atomic E-state index is 2.69. The first-order valence-corrected chi connectivity index (χ1v) is 22.7. The van der Waals surface area contributed by atoms with Crippen molar-refractivity contribution in [1.82, 2.24) is 0 Å². The minimum Gasteiger partial charge on any atom is -0.135 e. The Morgan fingerprint density at radius 2 is 0.898 bits per heavy atom. The van der Waals surface area contributed by atoms with Crippen molar-refractivity contribution in [2.45, 2.75) is 37.5 Å². The van der Waals surface area contributed by atoms with Crippen LogP contribution < -0.4 is 0 Å². The third-order valence-electron chi connectivity index (χ3n) is 15.6. The summed E-state index contributed by atoms with van der Waals surface area (Å²) in [5.41, 5.74) is 14.2. The van der Waals surface area contributed by atoms with Crippen LogP contribution >= 0.6 is 11.3 Å². The highest BCUT2D eigenvalue weighted by Gasteiger charge is 2.61. The van der Waals surface area contributed by atoms with E-state index in [4.69, 9.17) is 0 Å². The van der Waals surface area contributed by atoms with Gasteiger partial charge in [-0.2, -0.15) is 0 Å². The summed E-state index contributed by atoms with van der Waals surface area (Å²) in [4.78, 5) is 0. The second kappa shape index (κ2) is 12.0. The van der Waals surface area contributed by atoms with Crippen LogP contribution in [0.1, 0.15) is 43.2 Å². The van der Waals surface area contributed by atoms with Crippen LogP contribution in [0, 0.1) is 23.7 Å². The van der Waals surface area contributed by atoms with E-state index in [1.165, 1.54) is 129 Å². The number of hydrogen-bond acceptors (Lipinski definition) is 1. The van der Waals surface area contributed by atoms with Crippen molar-refractivity contribution in [3.8, 4) is 44.5 Å². The van der Waals surface area contributed by atoms with E-state index in [0.29, 0.717) is 0 Å². The number of rotatable bonds is 3. The highest BCUT2D eigenvalue weighted by molar-refractivity contribution is 7.26. The Balaban J connectivity index is 0.960. The van der Waals surface area contributed by atoms with Crippen LogP contribution in [0.25, 0.3) is 97.0 Å². The summed E-state index contributed by atoms with van der Waals surface area (Å²) in [7, 11) is 0. The van der Waals surface area contributed by atoms with E-state index in [9.17, 15) is 0 Å². The smallest absolute Gasteiger partial charge is 0.0433 e. The molecule has 4 fully saturated rings. The Morgan fingerprint density at radius 3 is 1.58 bits per heavy atom. The van der Waals surface area contributed by atoms with Crippen LogP contribution in [0.15, 0.2) is 170 Å². The van der Waals surface area contributed by atoms with Crippen LogP contribution in [0.2, 0.25) is 0 Å². The summed E-state index contributed by atoms with van der Waals surface area (Å²) >= 11 is 1.90. The van der Waals surface area contributed by atoms with Crippen LogP contribution in [-0.2, 0) is 5.41 Å². The maximum atomic E-state index is 2.69. The van der Waals surface area contributed by atoms with Gasteiger partial charge in [-0.3, -0.25) is 0 Å². The predicted octanol–water partition coefficient (Wildman–Crippen LogP) is 16.2. The van der Waals surface area contributed by atoms with E-state index in [2.05, 4.69) is 170 Å². The van der Waals surface area contributed by atoms with Gasteiger partial charge in [0.1, 0.15) is 0 Å². The lowest BCUT2D eigenvalue weighted by molar-refractivity contribution is -0.0398. The fraction of sp³-hybridized carbons (Fsp3) is 0.172. The van der Waals surface area contributed by atoms with Gasteiger partial charge in [-0.1, -0.05) is 146 Å². The lowest BCUT2D eigenvalue weighted by atomic mass is 9.43. The Kier molecular flexibility index (Phi) is 6.70. The highest BCUT2D eigenvalue weighted by atomic mass is 32.1. The molecule has 1 spiro atoms. The first kappa shape index (κ1) is 32.9. The molecule has 1 aromatic heterocycles. The molecule has 0 atom stereocenters. The van der Waals surface area contributed by atoms with Gasteiger partial charge in [0.05, 0.1) is 0 Å². The highest BCUT2D eigenvalue weighted by Crippen LogP contribution is 2.70. The molecule has 0 radical (unpaired) electrons. The third-order valence-corrected chi connectivity index (χ3v) is 16.8. The molecular weight excluding hydrogens is 729 g/mol. The van der Waals surface area contributed by atoms with Gasteiger partial charge in [-0.25, -0.2) is 0 Å². The number of benzene rings is 9. The second-order valence-electron chi connectivity index (χ2n) is 18.4. The third kappa shape index (κ3) is 4.44. The zero-order valence-corrected chi connectivity index (χ0v) is 33.7. The van der Waals surface area contributed by atoms with Crippen molar-refractivity contribution in [3.63, 3.8) is 0 Å². The monoisotopic (exact) mass is 770 g/mol. The SMILES string of the molecule is c1ccc2cc3c(cc2c1)-c1ccc(-c2c4ccccc4c(-c4ccc(-c5cccc6c5sc5ccccc56)cc4)c4ccccc24)cc1C31C2CC3CC(C2)CC1C3. The topological polar surface area (TPSA) is 0 Å². The number of hydrogen-bond donors (Lipinski definition) is 0. The fourth-order valence-corrected chi connectivity index (χ4v) is 14.8. The molecule has 15 rings (SSSR count). The molecule has 0 amide bonds. The van der Waals surface area contributed by atoms with Gasteiger partial charge in [-0.15, -0.1) is 11.3 Å². The average molecular weight is 771 g/mol. The first-order valence-electron chi connectivity index (χ1n) is 21.8. The summed E-state index contributed by atoms with van der Waals surface area (Å²) < 4.78 is 2.71. The van der Waals surface area contributed by atoms with Crippen molar-refractivity contribution in [1.29, 1.82) is 0 Å². The van der Waals surface area contributed by atoms with Crippen LogP contribution in [0.3, 0.4) is 0 Å². The minimum atomic E-state index is 0.103. The van der Waals surface area contributed by atoms with E-state index in [0.717, 1.165) is 23.7 Å². The van der Waals surface area contributed by atoms with Gasteiger partial charge in [-0.05, 0) is 168 Å². The molecule has 0 unspecified atom stereocenters. The van der Waals surface area contributed by atoms with Crippen LogP contribution in [0.5, 0.6) is 0 Å². The van der Waals surface area contributed by atoms with Crippen molar-refractivity contribution in [3.05, 3.63) is 181 Å². The molecule has 59 heavy (non-hydrogen) atoms. The maximum Gasteiger partial charge on any atom is 0.0433 e. The van der Waals surface area contributed by atoms with Crippen molar-refractivity contribution in [2.75, 3.05) is 0 Å². The summed E-state index contributed by atoms with van der Waals surface area (Å²) in [6.45, 7) is 0. The van der Waals surface area contributed by atoms with E-state index in [1.54, 1.807) is 11.1 Å². The van der Waals surface area contributed by atoms with Gasteiger partial charge in [0.25, 0.3) is 0 Å². The number of thiophene rings is 1. The molecule has 0 saturated heterocycles. The van der Waals surface area contributed by atoms with Crippen LogP contribution in [0.4, 0.5) is 0 Å². The van der Waals surface area contributed by atoms with Gasteiger partial charge in [0.15, 0.2) is 0 Å². The van der Waals surface area contributed by atoms with E-state index in [-0.39, 0.29) is 5.41 Å².